The normalized spacial score (nSPS) is 23.2. The summed E-state index contributed by atoms with van der Waals surface area (Å²) in [7, 11) is 1.80. The minimum Gasteiger partial charge on any atom is -0.405 e. The number of para-hydroxylation sites is 1. The van der Waals surface area contributed by atoms with Gasteiger partial charge in [0.1, 0.15) is 5.75 Å². The maximum absolute atomic E-state index is 6.16. The molecule has 0 atom stereocenters. The number of nitrogens with zero attached hydrogens (tertiary/aromatic N) is 1. The van der Waals surface area contributed by atoms with Crippen molar-refractivity contribution in [1.29, 1.82) is 0 Å². The minimum absolute atomic E-state index is 0.0573. The Hall–Kier alpha value is -1.06. The Balaban J connectivity index is 2.22. The lowest BCUT2D eigenvalue weighted by Crippen LogP contribution is -2.63. The SMILES string of the molecule is COC1CC(C)(C)N(Oc2ccccc2)C(C)(C)C1. The van der Waals surface area contributed by atoms with E-state index in [0.29, 0.717) is 6.10 Å². The molecule has 1 aromatic carbocycles. The molecule has 0 unspecified atom stereocenters. The van der Waals surface area contributed by atoms with Gasteiger partial charge in [0.05, 0.1) is 17.2 Å². The van der Waals surface area contributed by atoms with E-state index in [0.717, 1.165) is 18.6 Å². The predicted octanol–water partition coefficient (Wildman–Crippen LogP) is 3.65. The first kappa shape index (κ1) is 14.4. The van der Waals surface area contributed by atoms with Crippen LogP contribution in [0.2, 0.25) is 0 Å². The molecule has 0 saturated carbocycles. The first-order chi connectivity index (χ1) is 8.85. The molecule has 0 N–H and O–H groups in total. The van der Waals surface area contributed by atoms with Crippen LogP contribution in [0.4, 0.5) is 0 Å². The van der Waals surface area contributed by atoms with Crippen molar-refractivity contribution in [3.05, 3.63) is 30.3 Å². The van der Waals surface area contributed by atoms with Crippen LogP contribution < -0.4 is 4.84 Å². The van der Waals surface area contributed by atoms with E-state index in [4.69, 9.17) is 9.57 Å². The van der Waals surface area contributed by atoms with Gasteiger partial charge in [-0.3, -0.25) is 0 Å². The van der Waals surface area contributed by atoms with Gasteiger partial charge in [-0.2, -0.15) is 0 Å². The van der Waals surface area contributed by atoms with Gasteiger partial charge in [-0.1, -0.05) is 18.2 Å². The van der Waals surface area contributed by atoms with E-state index in [2.05, 4.69) is 32.8 Å². The molecule has 0 spiro atoms. The van der Waals surface area contributed by atoms with Gasteiger partial charge in [-0.05, 0) is 52.7 Å². The largest absolute Gasteiger partial charge is 0.405 e. The van der Waals surface area contributed by atoms with Gasteiger partial charge in [0, 0.05) is 7.11 Å². The van der Waals surface area contributed by atoms with Crippen LogP contribution in [0.15, 0.2) is 30.3 Å². The summed E-state index contributed by atoms with van der Waals surface area (Å²) in [5.74, 6) is 0.888. The van der Waals surface area contributed by atoms with E-state index in [-0.39, 0.29) is 11.1 Å². The van der Waals surface area contributed by atoms with E-state index in [9.17, 15) is 0 Å². The molecule has 106 valence electrons. The van der Waals surface area contributed by atoms with Crippen LogP contribution in [0.1, 0.15) is 40.5 Å². The molecule has 1 aliphatic rings. The summed E-state index contributed by atoms with van der Waals surface area (Å²) in [6.45, 7) is 8.84. The van der Waals surface area contributed by atoms with Gasteiger partial charge in [0.25, 0.3) is 0 Å². The van der Waals surface area contributed by atoms with Crippen molar-refractivity contribution in [1.82, 2.24) is 5.06 Å². The van der Waals surface area contributed by atoms with E-state index in [1.165, 1.54) is 0 Å². The Morgan fingerprint density at radius 1 is 1.00 bits per heavy atom. The van der Waals surface area contributed by atoms with E-state index >= 15 is 0 Å². The number of ether oxygens (including phenoxy) is 1. The summed E-state index contributed by atoms with van der Waals surface area (Å²) in [5.41, 5.74) is -0.115. The number of hydrogen-bond donors (Lipinski definition) is 0. The van der Waals surface area contributed by atoms with Crippen LogP contribution in [-0.4, -0.2) is 29.4 Å². The average molecular weight is 263 g/mol. The molecule has 1 aliphatic heterocycles. The van der Waals surface area contributed by atoms with Gasteiger partial charge in [0.2, 0.25) is 0 Å². The Bertz CT molecular complexity index is 396. The molecule has 3 nitrogen and oxygen atoms in total. The third-order valence-electron chi connectivity index (χ3n) is 3.83. The maximum atomic E-state index is 6.16. The number of hydrogen-bond acceptors (Lipinski definition) is 3. The Labute approximate surface area is 116 Å². The zero-order valence-corrected chi connectivity index (χ0v) is 12.6. The van der Waals surface area contributed by atoms with Gasteiger partial charge < -0.3 is 9.57 Å². The smallest absolute Gasteiger partial charge is 0.147 e. The van der Waals surface area contributed by atoms with Gasteiger partial charge in [-0.25, -0.2) is 0 Å². The Morgan fingerprint density at radius 2 is 1.53 bits per heavy atom. The van der Waals surface area contributed by atoms with Crippen LogP contribution in [0.5, 0.6) is 5.75 Å². The molecule has 19 heavy (non-hydrogen) atoms. The van der Waals surface area contributed by atoms with E-state index in [1.54, 1.807) is 7.11 Å². The second kappa shape index (κ2) is 5.14. The van der Waals surface area contributed by atoms with Crippen molar-refractivity contribution in [3.63, 3.8) is 0 Å². The third kappa shape index (κ3) is 3.10. The summed E-state index contributed by atoms with van der Waals surface area (Å²) < 4.78 is 5.58. The van der Waals surface area contributed by atoms with Crippen LogP contribution in [-0.2, 0) is 4.74 Å². The summed E-state index contributed by atoms with van der Waals surface area (Å²) in [4.78, 5) is 6.16. The third-order valence-corrected chi connectivity index (χ3v) is 3.83. The van der Waals surface area contributed by atoms with Crippen LogP contribution >= 0.6 is 0 Å². The highest BCUT2D eigenvalue weighted by Crippen LogP contribution is 2.39. The van der Waals surface area contributed by atoms with E-state index in [1.807, 2.05) is 30.3 Å². The van der Waals surface area contributed by atoms with Crippen molar-refractivity contribution in [2.45, 2.75) is 57.7 Å². The fourth-order valence-electron chi connectivity index (χ4n) is 3.17. The molecule has 1 heterocycles. The predicted molar refractivity (Wildman–Crippen MR) is 77.1 cm³/mol. The second-order valence-corrected chi connectivity index (χ2v) is 6.59. The van der Waals surface area contributed by atoms with Crippen molar-refractivity contribution >= 4 is 0 Å². The number of rotatable bonds is 3. The molecule has 1 fully saturated rings. The lowest BCUT2D eigenvalue weighted by molar-refractivity contribution is -0.236. The minimum atomic E-state index is -0.0573. The standard InChI is InChI=1S/C16H25NO2/c1-15(2)11-14(18-5)12-16(3,4)17(15)19-13-9-7-6-8-10-13/h6-10,14H,11-12H2,1-5H3. The second-order valence-electron chi connectivity index (χ2n) is 6.59. The van der Waals surface area contributed by atoms with Crippen LogP contribution in [0, 0.1) is 0 Å². The van der Waals surface area contributed by atoms with Crippen molar-refractivity contribution < 1.29 is 9.57 Å². The quantitative estimate of drug-likeness (QED) is 0.831. The first-order valence-electron chi connectivity index (χ1n) is 6.91. The molecule has 0 aromatic heterocycles. The molecule has 1 saturated heterocycles. The van der Waals surface area contributed by atoms with Crippen molar-refractivity contribution in [2.24, 2.45) is 0 Å². The fraction of sp³-hybridized carbons (Fsp3) is 0.625. The van der Waals surface area contributed by atoms with Crippen LogP contribution in [0.3, 0.4) is 0 Å². The van der Waals surface area contributed by atoms with Gasteiger partial charge in [-0.15, -0.1) is 5.06 Å². The number of piperidine rings is 1. The molecule has 0 amide bonds. The molecule has 0 radical (unpaired) electrons. The van der Waals surface area contributed by atoms with Crippen LogP contribution in [0.25, 0.3) is 0 Å². The van der Waals surface area contributed by atoms with Crippen molar-refractivity contribution in [2.75, 3.05) is 7.11 Å². The molecule has 0 aliphatic carbocycles. The Morgan fingerprint density at radius 3 is 2.00 bits per heavy atom. The maximum Gasteiger partial charge on any atom is 0.147 e. The lowest BCUT2D eigenvalue weighted by atomic mass is 9.80. The summed E-state index contributed by atoms with van der Waals surface area (Å²) in [6, 6.07) is 9.98. The highest BCUT2D eigenvalue weighted by atomic mass is 16.7. The molecule has 0 bridgehead atoms. The zero-order valence-electron chi connectivity index (χ0n) is 12.6. The van der Waals surface area contributed by atoms with Gasteiger partial charge >= 0.3 is 0 Å². The molecule has 2 rings (SSSR count). The monoisotopic (exact) mass is 263 g/mol. The summed E-state index contributed by atoms with van der Waals surface area (Å²) in [6.07, 6.45) is 2.24. The summed E-state index contributed by atoms with van der Waals surface area (Å²) >= 11 is 0. The highest BCUT2D eigenvalue weighted by molar-refractivity contribution is 5.21. The number of hydroxylamine groups is 2. The zero-order chi connectivity index (χ0) is 14.1. The average Bonchev–Trinajstić information content (AvgIpc) is 2.34. The molecular formula is C16H25NO2. The molecule has 1 aromatic rings. The fourth-order valence-corrected chi connectivity index (χ4v) is 3.17. The Kier molecular flexibility index (Phi) is 3.88. The highest BCUT2D eigenvalue weighted by Gasteiger charge is 2.47. The number of benzene rings is 1. The molecular weight excluding hydrogens is 238 g/mol. The topological polar surface area (TPSA) is 21.7 Å². The lowest BCUT2D eigenvalue weighted by Gasteiger charge is -2.52. The first-order valence-corrected chi connectivity index (χ1v) is 6.91. The van der Waals surface area contributed by atoms with Crippen molar-refractivity contribution in [3.8, 4) is 5.75 Å². The summed E-state index contributed by atoms with van der Waals surface area (Å²) in [5, 5.41) is 2.13. The molecule has 3 heteroatoms. The van der Waals surface area contributed by atoms with E-state index < -0.39 is 0 Å². The number of methoxy groups -OCH3 is 1. The van der Waals surface area contributed by atoms with Gasteiger partial charge in [0.15, 0.2) is 0 Å².